The van der Waals surface area contributed by atoms with E-state index in [9.17, 15) is 10.0 Å². The number of rotatable bonds is 8. The second-order valence-electron chi connectivity index (χ2n) is 8.90. The van der Waals surface area contributed by atoms with Crippen LogP contribution in [0.3, 0.4) is 0 Å². The first-order valence-corrected chi connectivity index (χ1v) is 13.4. The average Bonchev–Trinajstić information content (AvgIpc) is 2.60. The third-order valence-electron chi connectivity index (χ3n) is 5.38. The van der Waals surface area contributed by atoms with E-state index in [1.54, 1.807) is 30.1 Å². The molecule has 0 aliphatic heterocycles. The quantitative estimate of drug-likeness (QED) is 0.383. The van der Waals surface area contributed by atoms with Gasteiger partial charge < -0.3 is 14.5 Å². The summed E-state index contributed by atoms with van der Waals surface area (Å²) in [4.78, 5) is 4.88. The topological polar surface area (TPSA) is 62.6 Å². The van der Waals surface area contributed by atoms with Crippen molar-refractivity contribution >= 4 is 32.7 Å². The van der Waals surface area contributed by atoms with Crippen molar-refractivity contribution in [2.75, 3.05) is 0 Å². The molecule has 7 heteroatoms. The normalized spacial score (nSPS) is 14.6. The first-order valence-electron chi connectivity index (χ1n) is 9.66. The molecule has 4 nitrogen and oxygen atoms in total. The first kappa shape index (κ1) is 23.2. The molecule has 28 heavy (non-hydrogen) atoms. The van der Waals surface area contributed by atoms with Crippen LogP contribution in [-0.2, 0) is 10.8 Å². The Morgan fingerprint density at radius 1 is 1.07 bits per heavy atom. The van der Waals surface area contributed by atoms with Crippen molar-refractivity contribution in [1.29, 1.82) is 0 Å². The molecule has 0 amide bonds. The van der Waals surface area contributed by atoms with Gasteiger partial charge in [0.05, 0.1) is 0 Å². The van der Waals surface area contributed by atoms with Gasteiger partial charge >= 0.3 is 7.12 Å². The molecule has 0 fully saturated rings. The van der Waals surface area contributed by atoms with Gasteiger partial charge in [0.1, 0.15) is 4.93 Å². The fourth-order valence-corrected chi connectivity index (χ4v) is 5.94. The third kappa shape index (κ3) is 6.46. The van der Waals surface area contributed by atoms with E-state index in [-0.39, 0.29) is 5.04 Å². The SMILES string of the molecule is CC(C)(C)[Si](C)(C)O[C@@](C)(CCc1cccnc1)Sc1ccc(B(O)O)cc1. The molecule has 1 heterocycles. The molecule has 0 radical (unpaired) electrons. The lowest BCUT2D eigenvalue weighted by molar-refractivity contribution is 0.155. The second kappa shape index (κ2) is 9.13. The van der Waals surface area contributed by atoms with Crippen molar-refractivity contribution in [2.24, 2.45) is 0 Å². The summed E-state index contributed by atoms with van der Waals surface area (Å²) in [5.74, 6) is 0. The summed E-state index contributed by atoms with van der Waals surface area (Å²) in [6, 6.07) is 11.4. The molecule has 0 unspecified atom stereocenters. The van der Waals surface area contributed by atoms with Gasteiger partial charge in [0, 0.05) is 17.3 Å². The van der Waals surface area contributed by atoms with Gasteiger partial charge in [-0.15, -0.1) is 0 Å². The lowest BCUT2D eigenvalue weighted by Crippen LogP contribution is -2.47. The molecule has 0 saturated heterocycles. The summed E-state index contributed by atoms with van der Waals surface area (Å²) < 4.78 is 6.88. The summed E-state index contributed by atoms with van der Waals surface area (Å²) in [5, 5.41) is 18.8. The zero-order chi connectivity index (χ0) is 21.0. The minimum Gasteiger partial charge on any atom is -0.423 e. The Labute approximate surface area is 175 Å². The van der Waals surface area contributed by atoms with E-state index in [0.29, 0.717) is 5.46 Å². The highest BCUT2D eigenvalue weighted by Gasteiger charge is 2.43. The third-order valence-corrected chi connectivity index (χ3v) is 11.3. The van der Waals surface area contributed by atoms with Crippen LogP contribution in [0.2, 0.25) is 18.1 Å². The molecule has 152 valence electrons. The molecule has 0 bridgehead atoms. The number of benzene rings is 1. The first-order chi connectivity index (χ1) is 12.9. The second-order valence-corrected chi connectivity index (χ2v) is 15.2. The zero-order valence-corrected chi connectivity index (χ0v) is 19.6. The van der Waals surface area contributed by atoms with Crippen molar-refractivity contribution in [3.63, 3.8) is 0 Å². The summed E-state index contributed by atoms with van der Waals surface area (Å²) in [6.45, 7) is 13.5. The molecule has 1 aromatic carbocycles. The van der Waals surface area contributed by atoms with Gasteiger partial charge in [-0.05, 0) is 67.1 Å². The van der Waals surface area contributed by atoms with Gasteiger partial charge in [0.25, 0.3) is 0 Å². The highest BCUT2D eigenvalue weighted by molar-refractivity contribution is 8.00. The van der Waals surface area contributed by atoms with Gasteiger partial charge in [0.15, 0.2) is 8.32 Å². The molecule has 2 N–H and O–H groups in total. The highest BCUT2D eigenvalue weighted by atomic mass is 32.2. The number of hydrogen-bond acceptors (Lipinski definition) is 5. The van der Waals surface area contributed by atoms with Gasteiger partial charge in [-0.1, -0.05) is 50.7 Å². The minimum atomic E-state index is -1.98. The fourth-order valence-electron chi connectivity index (χ4n) is 2.69. The molecule has 0 aliphatic rings. The number of nitrogens with zero attached hydrogens (tertiary/aromatic N) is 1. The van der Waals surface area contributed by atoms with E-state index in [1.807, 2.05) is 24.4 Å². The number of hydrogen-bond donors (Lipinski definition) is 2. The van der Waals surface area contributed by atoms with Crippen LogP contribution in [0.1, 0.15) is 39.7 Å². The van der Waals surface area contributed by atoms with Crippen LogP contribution >= 0.6 is 11.8 Å². The Morgan fingerprint density at radius 3 is 2.21 bits per heavy atom. The highest BCUT2D eigenvalue weighted by Crippen LogP contribution is 2.45. The average molecular weight is 417 g/mol. The van der Waals surface area contributed by atoms with E-state index < -0.39 is 20.4 Å². The standard InChI is InChI=1S/C21H32BNO3SSi/c1-20(2,3)28(5,6)26-21(4,14-13-17-8-7-15-23-16-17)27-19-11-9-18(10-12-19)22(24)25/h7-12,15-16,24-25H,13-14H2,1-6H3/t21-/m1/s1. The van der Waals surface area contributed by atoms with E-state index in [4.69, 9.17) is 4.43 Å². The Kier molecular flexibility index (Phi) is 7.56. The van der Waals surface area contributed by atoms with Crippen molar-refractivity contribution in [3.8, 4) is 0 Å². The molecule has 0 aliphatic carbocycles. The van der Waals surface area contributed by atoms with Gasteiger partial charge in [-0.25, -0.2) is 0 Å². The molecule has 2 rings (SSSR count). The van der Waals surface area contributed by atoms with E-state index >= 15 is 0 Å². The molecule has 0 spiro atoms. The van der Waals surface area contributed by atoms with Crippen molar-refractivity contribution in [3.05, 3.63) is 54.4 Å². The zero-order valence-electron chi connectivity index (χ0n) is 17.8. The minimum absolute atomic E-state index is 0.119. The molecule has 1 atom stereocenters. The summed E-state index contributed by atoms with van der Waals surface area (Å²) >= 11 is 1.70. The van der Waals surface area contributed by atoms with Crippen LogP contribution in [0.5, 0.6) is 0 Å². The van der Waals surface area contributed by atoms with Gasteiger partial charge in [0.2, 0.25) is 0 Å². The van der Waals surface area contributed by atoms with E-state index in [1.165, 1.54) is 5.56 Å². The van der Waals surface area contributed by atoms with E-state index in [0.717, 1.165) is 17.7 Å². The molecular formula is C21H32BNO3SSi. The van der Waals surface area contributed by atoms with E-state index in [2.05, 4.69) is 51.8 Å². The number of aryl methyl sites for hydroxylation is 1. The molecular weight excluding hydrogens is 385 g/mol. The summed E-state index contributed by atoms with van der Waals surface area (Å²) in [7, 11) is -3.42. The largest absolute Gasteiger partial charge is 0.488 e. The van der Waals surface area contributed by atoms with Crippen LogP contribution in [0, 0.1) is 0 Å². The maximum Gasteiger partial charge on any atom is 0.488 e. The molecule has 0 saturated carbocycles. The Morgan fingerprint density at radius 2 is 1.71 bits per heavy atom. The van der Waals surface area contributed by atoms with Gasteiger partial charge in [-0.2, -0.15) is 0 Å². The molecule has 1 aromatic heterocycles. The number of thioether (sulfide) groups is 1. The van der Waals surface area contributed by atoms with Crippen LogP contribution in [0.4, 0.5) is 0 Å². The predicted octanol–water partition coefficient (Wildman–Crippen LogP) is 4.22. The summed E-state index contributed by atoms with van der Waals surface area (Å²) in [6.07, 6.45) is 5.45. The lowest BCUT2D eigenvalue weighted by Gasteiger charge is -2.44. The maximum atomic E-state index is 9.32. The van der Waals surface area contributed by atoms with Gasteiger partial charge in [-0.3, -0.25) is 4.98 Å². The van der Waals surface area contributed by atoms with Crippen LogP contribution in [-0.4, -0.2) is 35.4 Å². The Bertz CT molecular complexity index is 750. The fraction of sp³-hybridized carbons (Fsp3) is 0.476. The van der Waals surface area contributed by atoms with Crippen LogP contribution in [0.15, 0.2) is 53.7 Å². The number of pyridine rings is 1. The molecule has 2 aromatic rings. The lowest BCUT2D eigenvalue weighted by atomic mass is 9.81. The predicted molar refractivity (Wildman–Crippen MR) is 121 cm³/mol. The maximum absolute atomic E-state index is 9.32. The summed E-state index contributed by atoms with van der Waals surface area (Å²) in [5.41, 5.74) is 1.69. The van der Waals surface area contributed by atoms with Crippen LogP contribution in [0.25, 0.3) is 0 Å². The van der Waals surface area contributed by atoms with Crippen molar-refractivity contribution < 1.29 is 14.5 Å². The van der Waals surface area contributed by atoms with Crippen molar-refractivity contribution in [2.45, 2.75) is 68.5 Å². The smallest absolute Gasteiger partial charge is 0.423 e. The Balaban J connectivity index is 2.23. The Hall–Kier alpha value is -1.12. The number of aromatic nitrogens is 1. The van der Waals surface area contributed by atoms with Crippen LogP contribution < -0.4 is 5.46 Å². The van der Waals surface area contributed by atoms with Crippen molar-refractivity contribution in [1.82, 2.24) is 4.98 Å². The monoisotopic (exact) mass is 417 g/mol.